The van der Waals surface area contributed by atoms with Gasteiger partial charge < -0.3 is 43.4 Å². The van der Waals surface area contributed by atoms with Gasteiger partial charge in [-0.2, -0.15) is 0 Å². The van der Waals surface area contributed by atoms with Crippen molar-refractivity contribution in [3.8, 4) is 0 Å². The molecule has 2 aliphatic rings. The zero-order valence-electron chi connectivity index (χ0n) is 14.7. The van der Waals surface area contributed by atoms with Crippen LogP contribution in [0.1, 0.15) is 6.92 Å². The van der Waals surface area contributed by atoms with E-state index in [0.717, 1.165) is 0 Å². The topological polar surface area (TPSA) is 105 Å². The molecule has 0 bridgehead atoms. The monoisotopic (exact) mass is 352 g/mol. The highest BCUT2D eigenvalue weighted by Gasteiger charge is 2.49. The SMILES string of the molecule is CO[C@@H]1[C@H](O[C@@H]2[C@@H](OC)[C@H](O)OC[C@H]2OC)O[C@@H](C)[C@@H](O)[C@H]1OC. The normalized spacial score (nSPS) is 46.9. The van der Waals surface area contributed by atoms with Crippen molar-refractivity contribution in [1.29, 1.82) is 0 Å². The van der Waals surface area contributed by atoms with Gasteiger partial charge in [0.15, 0.2) is 12.6 Å². The Morgan fingerprint density at radius 3 is 2.00 bits per heavy atom. The van der Waals surface area contributed by atoms with Gasteiger partial charge in [0.2, 0.25) is 0 Å². The lowest BCUT2D eigenvalue weighted by Gasteiger charge is -2.46. The van der Waals surface area contributed by atoms with E-state index in [1.807, 2.05) is 0 Å². The van der Waals surface area contributed by atoms with Crippen molar-refractivity contribution >= 4 is 0 Å². The third-order valence-electron chi connectivity index (χ3n) is 4.57. The molecule has 24 heavy (non-hydrogen) atoms. The molecule has 2 N–H and O–H groups in total. The van der Waals surface area contributed by atoms with E-state index in [-0.39, 0.29) is 6.61 Å². The van der Waals surface area contributed by atoms with Crippen LogP contribution in [-0.2, 0) is 33.2 Å². The maximum absolute atomic E-state index is 10.2. The Kier molecular flexibility index (Phi) is 7.35. The van der Waals surface area contributed by atoms with Crippen LogP contribution in [0.15, 0.2) is 0 Å². The zero-order chi connectivity index (χ0) is 17.9. The summed E-state index contributed by atoms with van der Waals surface area (Å²) in [6, 6.07) is 0. The van der Waals surface area contributed by atoms with Crippen molar-refractivity contribution in [3.63, 3.8) is 0 Å². The molecule has 0 aliphatic carbocycles. The minimum Gasteiger partial charge on any atom is -0.388 e. The molecular formula is C15H28O9. The summed E-state index contributed by atoms with van der Waals surface area (Å²) >= 11 is 0. The quantitative estimate of drug-likeness (QED) is 0.615. The second kappa shape index (κ2) is 8.84. The van der Waals surface area contributed by atoms with E-state index in [4.69, 9.17) is 33.2 Å². The van der Waals surface area contributed by atoms with Crippen molar-refractivity contribution in [1.82, 2.24) is 0 Å². The van der Waals surface area contributed by atoms with Crippen LogP contribution in [0.5, 0.6) is 0 Å². The fourth-order valence-electron chi connectivity index (χ4n) is 3.14. The zero-order valence-corrected chi connectivity index (χ0v) is 14.7. The number of rotatable bonds is 6. The van der Waals surface area contributed by atoms with E-state index in [1.165, 1.54) is 28.4 Å². The van der Waals surface area contributed by atoms with Gasteiger partial charge in [-0.25, -0.2) is 0 Å². The molecule has 2 saturated heterocycles. The molecule has 0 saturated carbocycles. The van der Waals surface area contributed by atoms with Crippen LogP contribution >= 0.6 is 0 Å². The lowest BCUT2D eigenvalue weighted by atomic mass is 9.98. The smallest absolute Gasteiger partial charge is 0.187 e. The highest BCUT2D eigenvalue weighted by molar-refractivity contribution is 4.92. The first kappa shape index (κ1) is 20.0. The predicted molar refractivity (Wildman–Crippen MR) is 80.4 cm³/mol. The summed E-state index contributed by atoms with van der Waals surface area (Å²) in [5.74, 6) is 0. The van der Waals surface area contributed by atoms with Gasteiger partial charge in [0.05, 0.1) is 12.7 Å². The Morgan fingerprint density at radius 2 is 1.46 bits per heavy atom. The van der Waals surface area contributed by atoms with E-state index >= 15 is 0 Å². The van der Waals surface area contributed by atoms with Crippen LogP contribution in [0, 0.1) is 0 Å². The fraction of sp³-hybridized carbons (Fsp3) is 1.00. The number of ether oxygens (including phenoxy) is 7. The minimum absolute atomic E-state index is 0.151. The summed E-state index contributed by atoms with van der Waals surface area (Å²) in [5, 5.41) is 20.2. The van der Waals surface area contributed by atoms with Crippen molar-refractivity contribution < 1.29 is 43.4 Å². The van der Waals surface area contributed by atoms with Gasteiger partial charge in [-0.15, -0.1) is 0 Å². The van der Waals surface area contributed by atoms with Gasteiger partial charge >= 0.3 is 0 Å². The third-order valence-corrected chi connectivity index (χ3v) is 4.57. The van der Waals surface area contributed by atoms with Crippen molar-refractivity contribution in [2.75, 3.05) is 35.0 Å². The molecule has 2 fully saturated rings. The summed E-state index contributed by atoms with van der Waals surface area (Å²) in [6.07, 6.45) is -6.47. The lowest BCUT2D eigenvalue weighted by Crippen LogP contribution is -2.63. The van der Waals surface area contributed by atoms with E-state index in [0.29, 0.717) is 0 Å². The molecular weight excluding hydrogens is 324 g/mol. The summed E-state index contributed by atoms with van der Waals surface area (Å²) in [7, 11) is 5.95. The Balaban J connectivity index is 2.18. The Bertz CT molecular complexity index is 382. The largest absolute Gasteiger partial charge is 0.388 e. The predicted octanol–water partition coefficient (Wildman–Crippen LogP) is -1.11. The molecule has 142 valence electrons. The van der Waals surface area contributed by atoms with Crippen LogP contribution in [-0.4, -0.2) is 101 Å². The van der Waals surface area contributed by atoms with Crippen LogP contribution < -0.4 is 0 Å². The van der Waals surface area contributed by atoms with Gasteiger partial charge in [-0.1, -0.05) is 0 Å². The highest BCUT2D eigenvalue weighted by atomic mass is 16.7. The standard InChI is InChI=1S/C15H28O9/c1-7-9(16)11(19-3)13(21-5)15(23-7)24-10-8(18-2)6-22-14(17)12(10)20-4/h7-17H,6H2,1-5H3/t7-,8+,9+,10-,11+,12+,13-,14+,15-/m0/s1. The maximum atomic E-state index is 10.2. The number of methoxy groups -OCH3 is 4. The molecule has 9 heteroatoms. The molecule has 0 unspecified atom stereocenters. The summed E-state index contributed by atoms with van der Waals surface area (Å²) in [4.78, 5) is 0. The van der Waals surface area contributed by atoms with Gasteiger partial charge in [-0.05, 0) is 6.92 Å². The first-order chi connectivity index (χ1) is 11.5. The Hall–Kier alpha value is -0.360. The average Bonchev–Trinajstić information content (AvgIpc) is 2.58. The number of hydrogen-bond acceptors (Lipinski definition) is 9. The summed E-state index contributed by atoms with van der Waals surface area (Å²) in [5.41, 5.74) is 0. The number of aliphatic hydroxyl groups excluding tert-OH is 2. The third kappa shape index (κ3) is 3.90. The number of hydrogen-bond donors (Lipinski definition) is 2. The van der Waals surface area contributed by atoms with Gasteiger partial charge in [0.1, 0.15) is 36.6 Å². The highest BCUT2D eigenvalue weighted by Crippen LogP contribution is 2.30. The molecule has 2 heterocycles. The van der Waals surface area contributed by atoms with Crippen LogP contribution in [0.2, 0.25) is 0 Å². The number of aliphatic hydroxyl groups is 2. The molecule has 0 aromatic heterocycles. The lowest BCUT2D eigenvalue weighted by molar-refractivity contribution is -0.348. The first-order valence-electron chi connectivity index (χ1n) is 7.88. The van der Waals surface area contributed by atoms with E-state index in [2.05, 4.69) is 0 Å². The average molecular weight is 352 g/mol. The second-order valence-electron chi connectivity index (χ2n) is 5.90. The van der Waals surface area contributed by atoms with Gasteiger partial charge in [0.25, 0.3) is 0 Å². The van der Waals surface area contributed by atoms with Crippen molar-refractivity contribution in [3.05, 3.63) is 0 Å². The first-order valence-corrected chi connectivity index (χ1v) is 7.88. The van der Waals surface area contributed by atoms with Crippen LogP contribution in [0.3, 0.4) is 0 Å². The van der Waals surface area contributed by atoms with E-state index < -0.39 is 55.3 Å². The molecule has 2 aliphatic heterocycles. The van der Waals surface area contributed by atoms with E-state index in [9.17, 15) is 10.2 Å². The van der Waals surface area contributed by atoms with Crippen molar-refractivity contribution in [2.45, 2.75) is 62.2 Å². The van der Waals surface area contributed by atoms with Crippen LogP contribution in [0.4, 0.5) is 0 Å². The molecule has 0 spiro atoms. The molecule has 0 amide bonds. The van der Waals surface area contributed by atoms with Crippen molar-refractivity contribution in [2.24, 2.45) is 0 Å². The molecule has 0 radical (unpaired) electrons. The molecule has 9 nitrogen and oxygen atoms in total. The summed E-state index contributed by atoms with van der Waals surface area (Å²) < 4.78 is 38.5. The summed E-state index contributed by atoms with van der Waals surface area (Å²) in [6.45, 7) is 1.87. The van der Waals surface area contributed by atoms with Crippen LogP contribution in [0.25, 0.3) is 0 Å². The van der Waals surface area contributed by atoms with Gasteiger partial charge in [0, 0.05) is 28.4 Å². The minimum atomic E-state index is -1.14. The Morgan fingerprint density at radius 1 is 0.833 bits per heavy atom. The second-order valence-corrected chi connectivity index (χ2v) is 5.90. The van der Waals surface area contributed by atoms with E-state index in [1.54, 1.807) is 6.92 Å². The molecule has 2 rings (SSSR count). The molecule has 9 atom stereocenters. The maximum Gasteiger partial charge on any atom is 0.187 e. The molecule has 0 aromatic rings. The Labute approximate surface area is 141 Å². The fourth-order valence-corrected chi connectivity index (χ4v) is 3.14. The van der Waals surface area contributed by atoms with Gasteiger partial charge in [-0.3, -0.25) is 0 Å². The molecule has 0 aromatic carbocycles.